The van der Waals surface area contributed by atoms with Gasteiger partial charge in [0.2, 0.25) is 0 Å². The predicted octanol–water partition coefficient (Wildman–Crippen LogP) is 2.72. The average molecular weight is 289 g/mol. The number of carbonyl (C=O) groups excluding carboxylic acids is 1. The summed E-state index contributed by atoms with van der Waals surface area (Å²) in [4.78, 5) is 11.6. The van der Waals surface area contributed by atoms with Gasteiger partial charge in [-0.2, -0.15) is 0 Å². The van der Waals surface area contributed by atoms with E-state index in [1.807, 2.05) is 33.8 Å². The van der Waals surface area contributed by atoms with Gasteiger partial charge >= 0.3 is 5.97 Å². The summed E-state index contributed by atoms with van der Waals surface area (Å²) >= 11 is -1.22. The predicted molar refractivity (Wildman–Crippen MR) is 80.1 cm³/mol. The van der Waals surface area contributed by atoms with Crippen LogP contribution in [0.3, 0.4) is 0 Å². The standard InChI is InChI=1S/C14H27NO3S/c1-7-9-10-14(8-2,11-12(16)18-6)15-19(17)13(3,4)5/h7,15H,1,8-11H2,2-6H3/t14-,19-/m1/s1. The maximum Gasteiger partial charge on any atom is 0.307 e. The summed E-state index contributed by atoms with van der Waals surface area (Å²) < 4.78 is 19.8. The number of nitrogens with one attached hydrogen (secondary N) is 1. The second-order valence-electron chi connectivity index (χ2n) is 5.70. The number of methoxy groups -OCH3 is 1. The van der Waals surface area contributed by atoms with E-state index in [0.29, 0.717) is 12.8 Å². The van der Waals surface area contributed by atoms with Crippen molar-refractivity contribution in [3.05, 3.63) is 12.7 Å². The number of rotatable bonds is 8. The van der Waals surface area contributed by atoms with Crippen LogP contribution in [0.4, 0.5) is 0 Å². The first kappa shape index (κ1) is 18.5. The fraction of sp³-hybridized carbons (Fsp3) is 0.786. The van der Waals surface area contributed by atoms with Crippen molar-refractivity contribution in [2.45, 2.75) is 63.7 Å². The van der Waals surface area contributed by atoms with Crippen molar-refractivity contribution in [3.8, 4) is 0 Å². The molecule has 0 rings (SSSR count). The minimum Gasteiger partial charge on any atom is -0.598 e. The Morgan fingerprint density at radius 2 is 2.05 bits per heavy atom. The number of hydrogen-bond acceptors (Lipinski definition) is 4. The zero-order chi connectivity index (χ0) is 15.1. The van der Waals surface area contributed by atoms with E-state index in [2.05, 4.69) is 11.3 Å². The van der Waals surface area contributed by atoms with Crippen molar-refractivity contribution in [2.75, 3.05) is 7.11 Å². The van der Waals surface area contributed by atoms with Crippen molar-refractivity contribution in [3.63, 3.8) is 0 Å². The van der Waals surface area contributed by atoms with Gasteiger partial charge < -0.3 is 9.29 Å². The van der Waals surface area contributed by atoms with Gasteiger partial charge in [0.05, 0.1) is 19.1 Å². The molecule has 112 valence electrons. The Kier molecular flexibility index (Phi) is 7.71. The molecule has 0 spiro atoms. The maximum absolute atomic E-state index is 12.3. The summed E-state index contributed by atoms with van der Waals surface area (Å²) in [6, 6.07) is 0. The van der Waals surface area contributed by atoms with Gasteiger partial charge in [-0.05, 0) is 40.0 Å². The Bertz CT molecular complexity index is 302. The molecule has 19 heavy (non-hydrogen) atoms. The van der Waals surface area contributed by atoms with Crippen LogP contribution in [0.1, 0.15) is 53.4 Å². The molecule has 0 aliphatic heterocycles. The van der Waals surface area contributed by atoms with Crippen LogP contribution in [-0.4, -0.2) is 27.9 Å². The minimum atomic E-state index is -1.22. The molecule has 0 aromatic rings. The minimum absolute atomic E-state index is 0.218. The molecule has 2 atom stereocenters. The smallest absolute Gasteiger partial charge is 0.307 e. The highest BCUT2D eigenvalue weighted by Crippen LogP contribution is 2.27. The monoisotopic (exact) mass is 289 g/mol. The molecular weight excluding hydrogens is 262 g/mol. The normalized spacial score (nSPS) is 16.5. The van der Waals surface area contributed by atoms with E-state index in [4.69, 9.17) is 4.74 Å². The summed E-state index contributed by atoms with van der Waals surface area (Å²) in [6.45, 7) is 11.4. The lowest BCUT2D eigenvalue weighted by atomic mass is 9.88. The zero-order valence-electron chi connectivity index (χ0n) is 12.7. The van der Waals surface area contributed by atoms with Gasteiger partial charge in [-0.25, -0.2) is 0 Å². The van der Waals surface area contributed by atoms with Crippen LogP contribution in [0.5, 0.6) is 0 Å². The number of allylic oxidation sites excluding steroid dienone is 1. The van der Waals surface area contributed by atoms with E-state index in [1.165, 1.54) is 7.11 Å². The van der Waals surface area contributed by atoms with Crippen molar-refractivity contribution in [1.82, 2.24) is 4.72 Å². The molecule has 0 heterocycles. The second-order valence-corrected chi connectivity index (χ2v) is 7.66. The fourth-order valence-corrected chi connectivity index (χ4v) is 2.64. The van der Waals surface area contributed by atoms with Crippen LogP contribution in [0.15, 0.2) is 12.7 Å². The molecule has 0 bridgehead atoms. The van der Waals surface area contributed by atoms with Gasteiger partial charge in [0.25, 0.3) is 0 Å². The molecule has 1 N–H and O–H groups in total. The molecule has 0 aromatic heterocycles. The van der Waals surface area contributed by atoms with Gasteiger partial charge in [-0.1, -0.05) is 13.0 Å². The summed E-state index contributed by atoms with van der Waals surface area (Å²) in [5.41, 5.74) is -0.501. The van der Waals surface area contributed by atoms with Crippen molar-refractivity contribution < 1.29 is 14.1 Å². The van der Waals surface area contributed by atoms with Gasteiger partial charge in [-0.15, -0.1) is 11.3 Å². The third-order valence-corrected chi connectivity index (χ3v) is 4.81. The highest BCUT2D eigenvalue weighted by molar-refractivity contribution is 7.90. The molecule has 0 saturated carbocycles. The molecule has 0 aliphatic carbocycles. The molecule has 0 unspecified atom stereocenters. The zero-order valence-corrected chi connectivity index (χ0v) is 13.6. The first-order valence-electron chi connectivity index (χ1n) is 6.58. The molecule has 0 radical (unpaired) electrons. The highest BCUT2D eigenvalue weighted by atomic mass is 32.2. The molecular formula is C14H27NO3S. The molecule has 0 saturated heterocycles. The van der Waals surface area contributed by atoms with E-state index in [0.717, 1.165) is 6.42 Å². The lowest BCUT2D eigenvalue weighted by Crippen LogP contribution is -2.54. The van der Waals surface area contributed by atoms with Crippen LogP contribution >= 0.6 is 0 Å². The highest BCUT2D eigenvalue weighted by Gasteiger charge is 2.39. The quantitative estimate of drug-likeness (QED) is 0.424. The molecule has 0 fully saturated rings. The average Bonchev–Trinajstić information content (AvgIpc) is 2.34. The summed E-state index contributed by atoms with van der Waals surface area (Å²) in [5, 5.41) is 0. The van der Waals surface area contributed by atoms with Crippen LogP contribution in [-0.2, 0) is 20.9 Å². The van der Waals surface area contributed by atoms with Crippen molar-refractivity contribution >= 4 is 17.3 Å². The first-order chi connectivity index (χ1) is 8.70. The Labute approximate surface area is 120 Å². The number of carbonyl (C=O) groups is 1. The van der Waals surface area contributed by atoms with Crippen LogP contribution < -0.4 is 4.72 Å². The van der Waals surface area contributed by atoms with E-state index in [1.54, 1.807) is 0 Å². The van der Waals surface area contributed by atoms with Crippen LogP contribution in [0.25, 0.3) is 0 Å². The van der Waals surface area contributed by atoms with Gasteiger partial charge in [0.15, 0.2) is 0 Å². The van der Waals surface area contributed by atoms with E-state index >= 15 is 0 Å². The summed E-state index contributed by atoms with van der Waals surface area (Å²) in [7, 11) is 1.37. The van der Waals surface area contributed by atoms with Gasteiger partial charge in [0, 0.05) is 11.4 Å². The number of hydrogen-bond donors (Lipinski definition) is 1. The third-order valence-electron chi connectivity index (χ3n) is 3.08. The van der Waals surface area contributed by atoms with E-state index in [9.17, 15) is 9.35 Å². The Morgan fingerprint density at radius 1 is 1.47 bits per heavy atom. The van der Waals surface area contributed by atoms with Crippen LogP contribution in [0, 0.1) is 0 Å². The molecule has 5 heteroatoms. The van der Waals surface area contributed by atoms with Gasteiger partial charge in [0.1, 0.15) is 4.75 Å². The summed E-state index contributed by atoms with van der Waals surface area (Å²) in [5.74, 6) is -0.288. The molecule has 0 amide bonds. The Hall–Kier alpha value is -0.520. The molecule has 4 nitrogen and oxygen atoms in total. The lowest BCUT2D eigenvalue weighted by molar-refractivity contribution is -0.142. The van der Waals surface area contributed by atoms with Gasteiger partial charge in [-0.3, -0.25) is 4.79 Å². The third kappa shape index (κ3) is 6.45. The van der Waals surface area contributed by atoms with Crippen molar-refractivity contribution in [1.29, 1.82) is 0 Å². The largest absolute Gasteiger partial charge is 0.598 e. The summed E-state index contributed by atoms with van der Waals surface area (Å²) in [6.07, 6.45) is 4.21. The fourth-order valence-electron chi connectivity index (χ4n) is 1.63. The first-order valence-corrected chi connectivity index (χ1v) is 7.73. The lowest BCUT2D eigenvalue weighted by Gasteiger charge is -2.36. The Morgan fingerprint density at radius 3 is 2.42 bits per heavy atom. The molecule has 0 aromatic carbocycles. The topological polar surface area (TPSA) is 61.4 Å². The van der Waals surface area contributed by atoms with Crippen molar-refractivity contribution in [2.24, 2.45) is 0 Å². The maximum atomic E-state index is 12.3. The van der Waals surface area contributed by atoms with Crippen LogP contribution in [0.2, 0.25) is 0 Å². The number of ether oxygens (including phenoxy) is 1. The number of esters is 1. The molecule has 0 aliphatic rings. The Balaban J connectivity index is 5.00. The second kappa shape index (κ2) is 7.92. The van der Waals surface area contributed by atoms with E-state index < -0.39 is 16.9 Å². The SMILES string of the molecule is C=CCC[C@](CC)(CC(=O)OC)N[S@+]([O-])C(C)(C)C. The van der Waals surface area contributed by atoms with E-state index in [-0.39, 0.29) is 17.1 Å².